The maximum atomic E-state index is 13.5. The van der Waals surface area contributed by atoms with Gasteiger partial charge >= 0.3 is 5.97 Å². The fourth-order valence-corrected chi connectivity index (χ4v) is 4.05. The van der Waals surface area contributed by atoms with Crippen molar-refractivity contribution in [2.75, 3.05) is 26.7 Å². The molecule has 1 unspecified atom stereocenters. The average molecular weight is 411 g/mol. The van der Waals surface area contributed by atoms with Crippen molar-refractivity contribution in [1.82, 2.24) is 10.2 Å². The molecule has 2 N–H and O–H groups in total. The molecule has 0 aromatic heterocycles. The molecule has 1 heterocycles. The zero-order valence-corrected chi connectivity index (χ0v) is 18.1. The summed E-state index contributed by atoms with van der Waals surface area (Å²) in [5.74, 6) is -0.675. The lowest BCUT2D eigenvalue weighted by molar-refractivity contribution is -0.151. The molecule has 160 valence electrons. The van der Waals surface area contributed by atoms with Gasteiger partial charge in [-0.2, -0.15) is 0 Å². The molecule has 1 aliphatic heterocycles. The molecule has 1 aliphatic rings. The van der Waals surface area contributed by atoms with Crippen LogP contribution in [-0.2, 0) is 16.6 Å². The van der Waals surface area contributed by atoms with E-state index < -0.39 is 11.5 Å². The van der Waals surface area contributed by atoms with Crippen molar-refractivity contribution < 1.29 is 19.4 Å². The Bertz CT molecular complexity index is 921. The third-order valence-electron chi connectivity index (χ3n) is 5.69. The Balaban J connectivity index is 2.00. The van der Waals surface area contributed by atoms with Crippen molar-refractivity contribution in [2.45, 2.75) is 38.1 Å². The second kappa shape index (κ2) is 8.48. The molecular weight excluding hydrogens is 380 g/mol. The van der Waals surface area contributed by atoms with E-state index in [1.165, 1.54) is 4.90 Å². The number of hydrogen-bond donors (Lipinski definition) is 2. The highest BCUT2D eigenvalue weighted by Crippen LogP contribution is 2.33. The Morgan fingerprint density at radius 3 is 2.47 bits per heavy atom. The zero-order valence-electron chi connectivity index (χ0n) is 18.1. The molecule has 3 rings (SSSR count). The van der Waals surface area contributed by atoms with Crippen molar-refractivity contribution in [3.63, 3.8) is 0 Å². The topological polar surface area (TPSA) is 78.9 Å². The Morgan fingerprint density at radius 2 is 1.87 bits per heavy atom. The van der Waals surface area contributed by atoms with Gasteiger partial charge in [-0.15, -0.1) is 0 Å². The molecule has 0 bridgehead atoms. The SMILES string of the molecule is COc1cc(C(=O)N2CCNCC2(Cc2ccccc2)C(=O)O)ccc1C(C)(C)C. The van der Waals surface area contributed by atoms with Crippen LogP contribution in [0.25, 0.3) is 0 Å². The Morgan fingerprint density at radius 1 is 1.17 bits per heavy atom. The molecule has 1 fully saturated rings. The number of nitrogens with one attached hydrogen (secondary N) is 1. The predicted octanol–water partition coefficient (Wildman–Crippen LogP) is 3.10. The van der Waals surface area contributed by atoms with Crippen LogP contribution in [0.1, 0.15) is 42.3 Å². The van der Waals surface area contributed by atoms with Crippen LogP contribution < -0.4 is 10.1 Å². The Labute approximate surface area is 177 Å². The smallest absolute Gasteiger partial charge is 0.331 e. The van der Waals surface area contributed by atoms with Gasteiger partial charge in [-0.25, -0.2) is 4.79 Å². The van der Waals surface area contributed by atoms with E-state index in [1.807, 2.05) is 36.4 Å². The summed E-state index contributed by atoms with van der Waals surface area (Å²) in [5, 5.41) is 13.4. The predicted molar refractivity (Wildman–Crippen MR) is 116 cm³/mol. The molecule has 30 heavy (non-hydrogen) atoms. The third kappa shape index (κ3) is 4.19. The summed E-state index contributed by atoms with van der Waals surface area (Å²) in [6.45, 7) is 7.31. The normalized spacial score (nSPS) is 19.4. The molecule has 6 nitrogen and oxygen atoms in total. The number of carboxylic acids is 1. The molecule has 1 atom stereocenters. The standard InChI is InChI=1S/C24H30N2O4/c1-23(2,3)19-11-10-18(14-20(19)30-4)21(27)26-13-12-25-16-24(26,22(28)29)15-17-8-6-5-7-9-17/h5-11,14,25H,12-13,15-16H2,1-4H3,(H,28,29). The number of rotatable bonds is 5. The maximum Gasteiger partial charge on any atom is 0.331 e. The molecule has 6 heteroatoms. The van der Waals surface area contributed by atoms with E-state index in [0.29, 0.717) is 24.4 Å². The summed E-state index contributed by atoms with van der Waals surface area (Å²) in [7, 11) is 1.58. The first-order valence-electron chi connectivity index (χ1n) is 10.2. The zero-order chi connectivity index (χ0) is 21.9. The minimum absolute atomic E-state index is 0.139. The Kier molecular flexibility index (Phi) is 6.17. The molecule has 0 aliphatic carbocycles. The number of piperazine rings is 1. The number of ether oxygens (including phenoxy) is 1. The number of methoxy groups -OCH3 is 1. The first-order valence-corrected chi connectivity index (χ1v) is 10.2. The summed E-state index contributed by atoms with van der Waals surface area (Å²) < 4.78 is 5.55. The minimum Gasteiger partial charge on any atom is -0.496 e. The molecule has 2 aromatic rings. The van der Waals surface area contributed by atoms with Crippen LogP contribution in [0.15, 0.2) is 48.5 Å². The van der Waals surface area contributed by atoms with Crippen molar-refractivity contribution >= 4 is 11.9 Å². The lowest BCUT2D eigenvalue weighted by Gasteiger charge is -2.44. The molecule has 0 spiro atoms. The number of carbonyl (C=O) groups is 2. The lowest BCUT2D eigenvalue weighted by atomic mass is 9.84. The van der Waals surface area contributed by atoms with Crippen LogP contribution in [0.4, 0.5) is 0 Å². The van der Waals surface area contributed by atoms with Gasteiger partial charge in [0.1, 0.15) is 5.75 Å². The highest BCUT2D eigenvalue weighted by molar-refractivity contribution is 5.98. The summed E-state index contributed by atoms with van der Waals surface area (Å²) >= 11 is 0. The van der Waals surface area contributed by atoms with Crippen LogP contribution in [0, 0.1) is 0 Å². The van der Waals surface area contributed by atoms with Gasteiger partial charge in [-0.3, -0.25) is 4.79 Å². The minimum atomic E-state index is -1.35. The van der Waals surface area contributed by atoms with Crippen LogP contribution in [0.3, 0.4) is 0 Å². The average Bonchev–Trinajstić information content (AvgIpc) is 2.73. The number of nitrogens with zero attached hydrogens (tertiary/aromatic N) is 1. The molecule has 1 saturated heterocycles. The number of benzene rings is 2. The van der Waals surface area contributed by atoms with Gasteiger partial charge < -0.3 is 20.1 Å². The van der Waals surface area contributed by atoms with Gasteiger partial charge in [0, 0.05) is 31.6 Å². The number of carbonyl (C=O) groups excluding carboxylic acids is 1. The molecule has 2 aromatic carbocycles. The monoisotopic (exact) mass is 410 g/mol. The van der Waals surface area contributed by atoms with Gasteiger partial charge in [0.25, 0.3) is 5.91 Å². The van der Waals surface area contributed by atoms with Gasteiger partial charge in [0.05, 0.1) is 7.11 Å². The number of hydrogen-bond acceptors (Lipinski definition) is 4. The van der Waals surface area contributed by atoms with Gasteiger partial charge in [0.15, 0.2) is 5.54 Å². The van der Waals surface area contributed by atoms with Crippen molar-refractivity contribution in [2.24, 2.45) is 0 Å². The quantitative estimate of drug-likeness (QED) is 0.792. The van der Waals surface area contributed by atoms with Gasteiger partial charge in [0.2, 0.25) is 0 Å². The first-order chi connectivity index (χ1) is 14.2. The fraction of sp³-hybridized carbons (Fsp3) is 0.417. The second-order valence-corrected chi connectivity index (χ2v) is 8.80. The Hall–Kier alpha value is -2.86. The number of aliphatic carboxylic acids is 1. The van der Waals surface area contributed by atoms with E-state index in [4.69, 9.17) is 4.74 Å². The van der Waals surface area contributed by atoms with Crippen molar-refractivity contribution in [3.05, 3.63) is 65.2 Å². The van der Waals surface area contributed by atoms with E-state index in [-0.39, 0.29) is 24.3 Å². The molecule has 0 saturated carbocycles. The van der Waals surface area contributed by atoms with Gasteiger partial charge in [-0.1, -0.05) is 57.2 Å². The number of amides is 1. The molecule has 0 radical (unpaired) electrons. The van der Waals surface area contributed by atoms with E-state index in [9.17, 15) is 14.7 Å². The number of carboxylic acid groups (broad SMARTS) is 1. The summed E-state index contributed by atoms with van der Waals surface area (Å²) in [4.78, 5) is 27.5. The van der Waals surface area contributed by atoms with E-state index >= 15 is 0 Å². The van der Waals surface area contributed by atoms with Crippen LogP contribution in [0.5, 0.6) is 5.75 Å². The summed E-state index contributed by atoms with van der Waals surface area (Å²) in [5.41, 5.74) is 0.810. The molecular formula is C24H30N2O4. The molecule has 1 amide bonds. The van der Waals surface area contributed by atoms with E-state index in [1.54, 1.807) is 19.2 Å². The van der Waals surface area contributed by atoms with Gasteiger partial charge in [-0.05, 0) is 28.7 Å². The largest absolute Gasteiger partial charge is 0.496 e. The van der Waals surface area contributed by atoms with Crippen LogP contribution >= 0.6 is 0 Å². The van der Waals surface area contributed by atoms with Crippen molar-refractivity contribution in [1.29, 1.82) is 0 Å². The second-order valence-electron chi connectivity index (χ2n) is 8.80. The van der Waals surface area contributed by atoms with Crippen LogP contribution in [-0.4, -0.2) is 54.2 Å². The maximum absolute atomic E-state index is 13.5. The highest BCUT2D eigenvalue weighted by Gasteiger charge is 2.48. The summed E-state index contributed by atoms with van der Waals surface area (Å²) in [6.07, 6.45) is 0.235. The van der Waals surface area contributed by atoms with Crippen molar-refractivity contribution in [3.8, 4) is 5.75 Å². The lowest BCUT2D eigenvalue weighted by Crippen LogP contribution is -2.68. The van der Waals surface area contributed by atoms with Crippen LogP contribution in [0.2, 0.25) is 0 Å². The first kappa shape index (κ1) is 21.8. The third-order valence-corrected chi connectivity index (χ3v) is 5.69. The fourth-order valence-electron chi connectivity index (χ4n) is 4.05. The van der Waals surface area contributed by atoms with E-state index in [2.05, 4.69) is 26.1 Å². The highest BCUT2D eigenvalue weighted by atomic mass is 16.5. The summed E-state index contributed by atoms with van der Waals surface area (Å²) in [6, 6.07) is 14.8. The van der Waals surface area contributed by atoms with E-state index in [0.717, 1.165) is 11.1 Å².